The molecule has 0 aliphatic heterocycles. The van der Waals surface area contributed by atoms with E-state index in [1.54, 1.807) is 0 Å². The molecule has 234 valence electrons. The Labute approximate surface area is 238 Å². The van der Waals surface area contributed by atoms with Crippen molar-refractivity contribution in [1.29, 1.82) is 0 Å². The van der Waals surface area contributed by atoms with E-state index in [4.69, 9.17) is 22.8 Å². The summed E-state index contributed by atoms with van der Waals surface area (Å²) in [5.41, 5.74) is -0.808. The molecule has 0 unspecified atom stereocenters. The minimum atomic E-state index is -4.49. The van der Waals surface area contributed by atoms with Crippen molar-refractivity contribution in [2.75, 3.05) is 45.4 Å². The number of hydrogen-bond acceptors (Lipinski definition) is 7. The fraction of sp³-hybridized carbons (Fsp3) is 0.786. The molecule has 12 heteroatoms. The zero-order valence-electron chi connectivity index (χ0n) is 24.6. The molecule has 0 saturated carbocycles. The number of benzene rings is 1. The van der Waals surface area contributed by atoms with Gasteiger partial charge in [-0.3, -0.25) is 9.13 Å². The fourth-order valence-electron chi connectivity index (χ4n) is 3.66. The van der Waals surface area contributed by atoms with Crippen LogP contribution in [0.15, 0.2) is 24.3 Å². The summed E-state index contributed by atoms with van der Waals surface area (Å²) in [5, 5.41) is 0. The minimum absolute atomic E-state index is 0.0137. The van der Waals surface area contributed by atoms with Gasteiger partial charge in [-0.2, -0.15) is 13.2 Å². The number of unbranched alkanes of at least 4 members (excludes halogenated alkanes) is 4. The molecular formula is C28H49F3O7P2. The van der Waals surface area contributed by atoms with Gasteiger partial charge in [-0.1, -0.05) is 59.4 Å². The maximum atomic E-state index is 13.8. The first-order valence-electron chi connectivity index (χ1n) is 14.6. The van der Waals surface area contributed by atoms with Crippen LogP contribution in [-0.2, 0) is 33.4 Å². The number of halogens is 3. The van der Waals surface area contributed by atoms with Crippen molar-refractivity contribution < 1.29 is 45.1 Å². The van der Waals surface area contributed by atoms with E-state index in [9.17, 15) is 22.3 Å². The Hall–Kier alpha value is -0.890. The average Bonchev–Trinajstić information content (AvgIpc) is 2.89. The van der Waals surface area contributed by atoms with Gasteiger partial charge in [0, 0.05) is 0 Å². The Morgan fingerprint density at radius 1 is 0.700 bits per heavy atom. The molecule has 0 aliphatic carbocycles. The SMILES string of the molecule is CCCCOP(=O)(CC(CCOc1cccc(C(F)(F)F)c1)CP(=O)(OCCCC)OCCCC)OCCCC. The molecule has 1 aromatic rings. The van der Waals surface area contributed by atoms with Gasteiger partial charge >= 0.3 is 21.4 Å². The average molecular weight is 617 g/mol. The third-order valence-electron chi connectivity index (χ3n) is 6.06. The largest absolute Gasteiger partial charge is 0.494 e. The molecule has 0 bridgehead atoms. The molecule has 0 heterocycles. The highest BCUT2D eigenvalue weighted by molar-refractivity contribution is 7.55. The maximum absolute atomic E-state index is 13.8. The molecule has 0 aromatic heterocycles. The third-order valence-corrected chi connectivity index (χ3v) is 10.3. The minimum Gasteiger partial charge on any atom is -0.494 e. The molecule has 1 aromatic carbocycles. The predicted molar refractivity (Wildman–Crippen MR) is 153 cm³/mol. The van der Waals surface area contributed by atoms with E-state index in [1.807, 2.05) is 27.7 Å². The smallest absolute Gasteiger partial charge is 0.416 e. The van der Waals surface area contributed by atoms with E-state index in [0.29, 0.717) is 25.7 Å². The highest BCUT2D eigenvalue weighted by Crippen LogP contribution is 2.56. The van der Waals surface area contributed by atoms with Crippen LogP contribution in [0.4, 0.5) is 13.2 Å². The summed E-state index contributed by atoms with van der Waals surface area (Å²) in [6.45, 7) is 9.08. The van der Waals surface area contributed by atoms with Crippen LogP contribution in [0.3, 0.4) is 0 Å². The molecule has 1 rings (SSSR count). The maximum Gasteiger partial charge on any atom is 0.416 e. The molecule has 0 amide bonds. The summed E-state index contributed by atoms with van der Waals surface area (Å²) in [6, 6.07) is 4.65. The highest BCUT2D eigenvalue weighted by atomic mass is 31.2. The lowest BCUT2D eigenvalue weighted by molar-refractivity contribution is -0.137. The Morgan fingerprint density at radius 3 is 1.50 bits per heavy atom. The number of alkyl halides is 3. The molecule has 0 fully saturated rings. The van der Waals surface area contributed by atoms with E-state index in [2.05, 4.69) is 0 Å². The normalized spacial score (nSPS) is 12.8. The second-order valence-electron chi connectivity index (χ2n) is 9.86. The van der Waals surface area contributed by atoms with Gasteiger partial charge in [0.05, 0.1) is 50.9 Å². The first-order valence-corrected chi connectivity index (χ1v) is 18.0. The van der Waals surface area contributed by atoms with Crippen LogP contribution in [0.2, 0.25) is 0 Å². The molecule has 0 N–H and O–H groups in total. The summed E-state index contributed by atoms with van der Waals surface area (Å²) in [5.74, 6) is -0.439. The fourth-order valence-corrected chi connectivity index (χ4v) is 7.95. The first kappa shape index (κ1) is 37.1. The van der Waals surface area contributed by atoms with E-state index >= 15 is 0 Å². The summed E-state index contributed by atoms with van der Waals surface area (Å²) in [4.78, 5) is 0. The number of ether oxygens (including phenoxy) is 1. The van der Waals surface area contributed by atoms with Crippen molar-refractivity contribution in [2.24, 2.45) is 5.92 Å². The van der Waals surface area contributed by atoms with E-state index in [1.165, 1.54) is 12.1 Å². The zero-order chi connectivity index (χ0) is 29.9. The van der Waals surface area contributed by atoms with Gasteiger partial charge in [0.2, 0.25) is 0 Å². The van der Waals surface area contributed by atoms with Gasteiger partial charge in [0.25, 0.3) is 0 Å². The second kappa shape index (κ2) is 20.1. The summed E-state index contributed by atoms with van der Waals surface area (Å²) < 4.78 is 95.7. The molecule has 40 heavy (non-hydrogen) atoms. The van der Waals surface area contributed by atoms with Crippen molar-refractivity contribution in [2.45, 2.75) is 91.7 Å². The van der Waals surface area contributed by atoms with Crippen molar-refractivity contribution in [3.8, 4) is 5.75 Å². The third kappa shape index (κ3) is 15.9. The standard InChI is InChI=1S/C28H49F3O7P2/c1-5-9-17-35-39(32,36-18-10-6-2)23-25(24-40(33,37-19-11-7-3)38-20-12-8-4)16-21-34-27-15-13-14-26(22-27)28(29,30)31/h13-15,22,25H,5-12,16-21,23-24H2,1-4H3. The van der Waals surface area contributed by atoms with Crippen molar-refractivity contribution in [3.05, 3.63) is 29.8 Å². The van der Waals surface area contributed by atoms with Crippen LogP contribution in [-0.4, -0.2) is 45.4 Å². The molecular weight excluding hydrogens is 567 g/mol. The van der Waals surface area contributed by atoms with Crippen LogP contribution >= 0.6 is 15.2 Å². The lowest BCUT2D eigenvalue weighted by Gasteiger charge is -2.27. The van der Waals surface area contributed by atoms with Crippen LogP contribution in [0.5, 0.6) is 5.75 Å². The zero-order valence-corrected chi connectivity index (χ0v) is 26.4. The van der Waals surface area contributed by atoms with Crippen molar-refractivity contribution in [1.82, 2.24) is 0 Å². The monoisotopic (exact) mass is 616 g/mol. The molecule has 0 saturated heterocycles. The molecule has 0 radical (unpaired) electrons. The van der Waals surface area contributed by atoms with Gasteiger partial charge in [0.15, 0.2) is 0 Å². The van der Waals surface area contributed by atoms with Gasteiger partial charge in [-0.05, 0) is 56.2 Å². The molecule has 0 atom stereocenters. The van der Waals surface area contributed by atoms with E-state index < -0.39 is 32.8 Å². The van der Waals surface area contributed by atoms with Crippen molar-refractivity contribution in [3.63, 3.8) is 0 Å². The topological polar surface area (TPSA) is 80.3 Å². The molecule has 7 nitrogen and oxygen atoms in total. The first-order chi connectivity index (χ1) is 19.0. The quantitative estimate of drug-likeness (QED) is 0.0845. The van der Waals surface area contributed by atoms with Crippen LogP contribution in [0.1, 0.15) is 91.0 Å². The summed E-state index contributed by atoms with van der Waals surface area (Å²) in [7, 11) is -7.13. The second-order valence-corrected chi connectivity index (χ2v) is 14.1. The number of hydrogen-bond donors (Lipinski definition) is 0. The van der Waals surface area contributed by atoms with Gasteiger partial charge < -0.3 is 22.8 Å². The number of rotatable bonds is 24. The van der Waals surface area contributed by atoms with E-state index in [-0.39, 0.29) is 57.5 Å². The Morgan fingerprint density at radius 2 is 1.12 bits per heavy atom. The lowest BCUT2D eigenvalue weighted by atomic mass is 10.1. The van der Waals surface area contributed by atoms with Gasteiger partial charge in [-0.25, -0.2) is 0 Å². The molecule has 0 spiro atoms. The highest BCUT2D eigenvalue weighted by Gasteiger charge is 2.36. The van der Waals surface area contributed by atoms with Gasteiger partial charge in [-0.15, -0.1) is 0 Å². The summed E-state index contributed by atoms with van der Waals surface area (Å²) >= 11 is 0. The Kier molecular flexibility index (Phi) is 18.7. The van der Waals surface area contributed by atoms with Crippen LogP contribution in [0.25, 0.3) is 0 Å². The Bertz CT molecular complexity index is 831. The predicted octanol–water partition coefficient (Wildman–Crippen LogP) is 9.74. The van der Waals surface area contributed by atoms with Gasteiger partial charge in [0.1, 0.15) is 5.75 Å². The summed E-state index contributed by atoms with van der Waals surface area (Å²) in [6.07, 6.45) is 1.98. The lowest BCUT2D eigenvalue weighted by Crippen LogP contribution is -2.20. The van der Waals surface area contributed by atoms with Crippen LogP contribution in [0, 0.1) is 5.92 Å². The molecule has 0 aliphatic rings. The Balaban J connectivity index is 3.13. The van der Waals surface area contributed by atoms with Crippen LogP contribution < -0.4 is 4.74 Å². The van der Waals surface area contributed by atoms with E-state index in [0.717, 1.165) is 37.8 Å². The van der Waals surface area contributed by atoms with Crippen molar-refractivity contribution >= 4 is 15.2 Å².